The Morgan fingerprint density at radius 3 is 1.78 bits per heavy atom. The lowest BCUT2D eigenvalue weighted by Crippen LogP contribution is -1.86. The molecule has 0 bridgehead atoms. The van der Waals surface area contributed by atoms with Gasteiger partial charge in [0.15, 0.2) is 0 Å². The summed E-state index contributed by atoms with van der Waals surface area (Å²) in [7, 11) is 0. The molecule has 1 heterocycles. The van der Waals surface area contributed by atoms with Crippen molar-refractivity contribution < 1.29 is 4.42 Å². The standard InChI is InChI=1S/C31H22O/c1-3-8-22(9-4-1)18-23-14-16-28-29-17-15-27(21-31(29)32-30(28)19-23)26-13-7-12-25(20-26)24-10-5-2-6-11-24/h1-17,19-21H,18H2. The minimum Gasteiger partial charge on any atom is -0.456 e. The number of benzene rings is 5. The van der Waals surface area contributed by atoms with Crippen molar-refractivity contribution in [2.24, 2.45) is 0 Å². The first-order valence-corrected chi connectivity index (χ1v) is 11.0. The van der Waals surface area contributed by atoms with Gasteiger partial charge >= 0.3 is 0 Å². The van der Waals surface area contributed by atoms with E-state index in [0.717, 1.165) is 23.0 Å². The Morgan fingerprint density at radius 1 is 0.406 bits per heavy atom. The minimum atomic E-state index is 0.908. The van der Waals surface area contributed by atoms with E-state index < -0.39 is 0 Å². The van der Waals surface area contributed by atoms with Crippen LogP contribution in [0.15, 0.2) is 126 Å². The second-order valence-corrected chi connectivity index (χ2v) is 8.25. The van der Waals surface area contributed by atoms with Crippen LogP contribution in [0.1, 0.15) is 11.1 Å². The smallest absolute Gasteiger partial charge is 0.136 e. The molecular weight excluding hydrogens is 388 g/mol. The average molecular weight is 411 g/mol. The van der Waals surface area contributed by atoms with Crippen molar-refractivity contribution in [2.45, 2.75) is 6.42 Å². The summed E-state index contributed by atoms with van der Waals surface area (Å²) in [4.78, 5) is 0. The Labute approximate surface area is 187 Å². The van der Waals surface area contributed by atoms with Crippen LogP contribution in [0.2, 0.25) is 0 Å². The Bertz CT molecular complexity index is 1530. The number of furan rings is 1. The van der Waals surface area contributed by atoms with Crippen LogP contribution < -0.4 is 0 Å². The summed E-state index contributed by atoms with van der Waals surface area (Å²) in [5.41, 5.74) is 9.26. The Morgan fingerprint density at radius 2 is 1.00 bits per heavy atom. The van der Waals surface area contributed by atoms with Gasteiger partial charge in [-0.25, -0.2) is 0 Å². The molecule has 6 rings (SSSR count). The van der Waals surface area contributed by atoms with Gasteiger partial charge in [0.1, 0.15) is 11.2 Å². The summed E-state index contributed by atoms with van der Waals surface area (Å²) in [5, 5.41) is 2.33. The first-order chi connectivity index (χ1) is 15.8. The SMILES string of the molecule is c1ccc(Cc2ccc3c(c2)oc2cc(-c4cccc(-c5ccccc5)c4)ccc23)cc1. The van der Waals surface area contributed by atoms with Crippen LogP contribution in [0.3, 0.4) is 0 Å². The molecule has 0 spiro atoms. The van der Waals surface area contributed by atoms with E-state index in [1.807, 2.05) is 6.07 Å². The van der Waals surface area contributed by atoms with Gasteiger partial charge in [-0.2, -0.15) is 0 Å². The highest BCUT2D eigenvalue weighted by Crippen LogP contribution is 2.34. The van der Waals surface area contributed by atoms with Crippen LogP contribution in [0, 0.1) is 0 Å². The molecule has 0 atom stereocenters. The quantitative estimate of drug-likeness (QED) is 0.284. The highest BCUT2D eigenvalue weighted by Gasteiger charge is 2.10. The van der Waals surface area contributed by atoms with Gasteiger partial charge < -0.3 is 4.42 Å². The summed E-state index contributed by atoms with van der Waals surface area (Å²) in [6.45, 7) is 0. The molecule has 0 aliphatic carbocycles. The largest absolute Gasteiger partial charge is 0.456 e. The maximum atomic E-state index is 6.31. The molecule has 32 heavy (non-hydrogen) atoms. The van der Waals surface area contributed by atoms with Crippen molar-refractivity contribution in [3.05, 3.63) is 132 Å². The van der Waals surface area contributed by atoms with Gasteiger partial charge in [0.05, 0.1) is 0 Å². The molecule has 5 aromatic carbocycles. The fraction of sp³-hybridized carbons (Fsp3) is 0.0323. The molecule has 0 unspecified atom stereocenters. The van der Waals surface area contributed by atoms with Crippen LogP contribution >= 0.6 is 0 Å². The monoisotopic (exact) mass is 410 g/mol. The van der Waals surface area contributed by atoms with E-state index in [4.69, 9.17) is 4.42 Å². The van der Waals surface area contributed by atoms with Crippen LogP contribution in [0.5, 0.6) is 0 Å². The first kappa shape index (κ1) is 18.7. The summed E-state index contributed by atoms with van der Waals surface area (Å²) in [5.74, 6) is 0. The fourth-order valence-corrected chi connectivity index (χ4v) is 4.45. The fourth-order valence-electron chi connectivity index (χ4n) is 4.45. The van der Waals surface area contributed by atoms with Crippen LogP contribution in [0.25, 0.3) is 44.2 Å². The molecule has 0 radical (unpaired) electrons. The lowest BCUT2D eigenvalue weighted by Gasteiger charge is -2.06. The molecule has 0 aliphatic heterocycles. The van der Waals surface area contributed by atoms with Gasteiger partial charge in [-0.15, -0.1) is 0 Å². The van der Waals surface area contributed by atoms with E-state index in [2.05, 4.69) is 115 Å². The zero-order valence-electron chi connectivity index (χ0n) is 17.7. The molecule has 1 heteroatoms. The van der Waals surface area contributed by atoms with Gasteiger partial charge in [-0.3, -0.25) is 0 Å². The van der Waals surface area contributed by atoms with E-state index in [9.17, 15) is 0 Å². The molecule has 152 valence electrons. The third-order valence-corrected chi connectivity index (χ3v) is 6.09. The van der Waals surface area contributed by atoms with Crippen molar-refractivity contribution >= 4 is 21.9 Å². The summed E-state index contributed by atoms with van der Waals surface area (Å²) in [6, 6.07) is 42.9. The Balaban J connectivity index is 1.38. The molecule has 0 amide bonds. The molecule has 1 nitrogen and oxygen atoms in total. The van der Waals surface area contributed by atoms with Gasteiger partial charge in [0, 0.05) is 10.8 Å². The minimum absolute atomic E-state index is 0.908. The topological polar surface area (TPSA) is 13.1 Å². The van der Waals surface area contributed by atoms with Crippen LogP contribution in [0.4, 0.5) is 0 Å². The van der Waals surface area contributed by atoms with E-state index in [-0.39, 0.29) is 0 Å². The highest BCUT2D eigenvalue weighted by atomic mass is 16.3. The predicted octanol–water partition coefficient (Wildman–Crippen LogP) is 8.51. The second kappa shape index (κ2) is 7.86. The predicted molar refractivity (Wildman–Crippen MR) is 134 cm³/mol. The molecular formula is C31H22O. The number of fused-ring (bicyclic) bond motifs is 3. The third-order valence-electron chi connectivity index (χ3n) is 6.09. The van der Waals surface area contributed by atoms with Crippen molar-refractivity contribution in [3.63, 3.8) is 0 Å². The third kappa shape index (κ3) is 3.48. The molecule has 1 aromatic heterocycles. The number of hydrogen-bond acceptors (Lipinski definition) is 1. The maximum Gasteiger partial charge on any atom is 0.136 e. The van der Waals surface area contributed by atoms with Gasteiger partial charge in [-0.05, 0) is 64.1 Å². The lowest BCUT2D eigenvalue weighted by atomic mass is 9.98. The van der Waals surface area contributed by atoms with Crippen molar-refractivity contribution in [1.29, 1.82) is 0 Å². The van der Waals surface area contributed by atoms with Gasteiger partial charge in [0.25, 0.3) is 0 Å². The normalized spacial score (nSPS) is 11.2. The van der Waals surface area contributed by atoms with Crippen molar-refractivity contribution in [3.8, 4) is 22.3 Å². The molecule has 0 aliphatic rings. The number of rotatable bonds is 4. The van der Waals surface area contributed by atoms with Crippen molar-refractivity contribution in [1.82, 2.24) is 0 Å². The molecule has 0 saturated carbocycles. The molecule has 0 saturated heterocycles. The van der Waals surface area contributed by atoms with Crippen molar-refractivity contribution in [2.75, 3.05) is 0 Å². The summed E-state index contributed by atoms with van der Waals surface area (Å²) >= 11 is 0. The van der Waals surface area contributed by atoms with E-state index >= 15 is 0 Å². The van der Waals surface area contributed by atoms with Gasteiger partial charge in [0.2, 0.25) is 0 Å². The Hall–Kier alpha value is -4.10. The lowest BCUT2D eigenvalue weighted by molar-refractivity contribution is 0.668. The second-order valence-electron chi connectivity index (χ2n) is 8.25. The van der Waals surface area contributed by atoms with E-state index in [1.165, 1.54) is 38.8 Å². The molecule has 0 fully saturated rings. The zero-order chi connectivity index (χ0) is 21.3. The van der Waals surface area contributed by atoms with Gasteiger partial charge in [-0.1, -0.05) is 97.1 Å². The molecule has 0 N–H and O–H groups in total. The van der Waals surface area contributed by atoms with E-state index in [0.29, 0.717) is 0 Å². The summed E-state index contributed by atoms with van der Waals surface area (Å²) in [6.07, 6.45) is 0.908. The Kier molecular flexibility index (Phi) is 4.58. The first-order valence-electron chi connectivity index (χ1n) is 11.0. The van der Waals surface area contributed by atoms with E-state index in [1.54, 1.807) is 0 Å². The highest BCUT2D eigenvalue weighted by molar-refractivity contribution is 6.06. The maximum absolute atomic E-state index is 6.31. The molecule has 6 aromatic rings. The number of hydrogen-bond donors (Lipinski definition) is 0. The zero-order valence-corrected chi connectivity index (χ0v) is 17.7. The van der Waals surface area contributed by atoms with Crippen LogP contribution in [-0.4, -0.2) is 0 Å². The summed E-state index contributed by atoms with van der Waals surface area (Å²) < 4.78 is 6.31. The average Bonchev–Trinajstić information content (AvgIpc) is 3.22. The van der Waals surface area contributed by atoms with Crippen LogP contribution in [-0.2, 0) is 6.42 Å².